The zero-order valence-electron chi connectivity index (χ0n) is 15.5. The van der Waals surface area contributed by atoms with Gasteiger partial charge in [-0.3, -0.25) is 0 Å². The average Bonchev–Trinajstić information content (AvgIpc) is 2.60. The Morgan fingerprint density at radius 1 is 1.11 bits per heavy atom. The molecule has 0 bridgehead atoms. The van der Waals surface area contributed by atoms with Gasteiger partial charge in [-0.15, -0.1) is 0 Å². The fourth-order valence-corrected chi connectivity index (χ4v) is 3.16. The smallest absolute Gasteiger partial charge is 0.416 e. The molecule has 1 aromatic carbocycles. The first-order chi connectivity index (χ1) is 13.1. The minimum absolute atomic E-state index is 0.0932. The second-order valence-corrected chi connectivity index (χ2v) is 6.15. The molecule has 1 atom stereocenters. The molecule has 1 aromatic rings. The molecule has 0 saturated carbocycles. The summed E-state index contributed by atoms with van der Waals surface area (Å²) in [5.41, 5.74) is -1.49. The highest BCUT2D eigenvalue weighted by Gasteiger charge is 2.42. The van der Waals surface area contributed by atoms with Gasteiger partial charge in [0.2, 0.25) is 0 Å². The van der Waals surface area contributed by atoms with Crippen LogP contribution in [0.2, 0.25) is 0 Å². The molecule has 152 valence electrons. The Bertz CT molecular complexity index is 842. The summed E-state index contributed by atoms with van der Waals surface area (Å²) < 4.78 is 50.6. The summed E-state index contributed by atoms with van der Waals surface area (Å²) in [6, 6.07) is 4.60. The predicted octanol–water partition coefficient (Wildman–Crippen LogP) is 3.21. The number of allylic oxidation sites excluding steroid dienone is 2. The average molecular weight is 399 g/mol. The molecule has 1 aliphatic rings. The Kier molecular flexibility index (Phi) is 6.50. The van der Waals surface area contributed by atoms with Gasteiger partial charge in [-0.2, -0.15) is 13.2 Å². The first kappa shape index (κ1) is 21.5. The minimum Gasteiger partial charge on any atom is -0.478 e. The van der Waals surface area contributed by atoms with Gasteiger partial charge in [0.25, 0.3) is 0 Å². The SMILES string of the molecule is COCCOC(=O)C1=C(C)NC(C)=C(C(=O)O)C1c1ccccc1C(F)(F)F. The third-order valence-corrected chi connectivity index (χ3v) is 4.31. The molecule has 6 nitrogen and oxygen atoms in total. The maximum absolute atomic E-state index is 13.6. The van der Waals surface area contributed by atoms with E-state index in [4.69, 9.17) is 9.47 Å². The van der Waals surface area contributed by atoms with Crippen molar-refractivity contribution in [3.8, 4) is 0 Å². The molecule has 28 heavy (non-hydrogen) atoms. The summed E-state index contributed by atoms with van der Waals surface area (Å²) in [5.74, 6) is -3.77. The van der Waals surface area contributed by atoms with Crippen LogP contribution in [0.5, 0.6) is 0 Å². The number of aliphatic carboxylic acids is 1. The van der Waals surface area contributed by atoms with Crippen LogP contribution in [0.4, 0.5) is 13.2 Å². The molecule has 0 fully saturated rings. The largest absolute Gasteiger partial charge is 0.478 e. The monoisotopic (exact) mass is 399 g/mol. The van der Waals surface area contributed by atoms with Gasteiger partial charge >= 0.3 is 18.1 Å². The van der Waals surface area contributed by atoms with E-state index in [2.05, 4.69) is 5.32 Å². The van der Waals surface area contributed by atoms with E-state index < -0.39 is 29.6 Å². The van der Waals surface area contributed by atoms with Crippen LogP contribution in [0.3, 0.4) is 0 Å². The van der Waals surface area contributed by atoms with Gasteiger partial charge in [0.05, 0.1) is 29.2 Å². The number of halogens is 3. The summed E-state index contributed by atoms with van der Waals surface area (Å²) in [7, 11) is 1.40. The van der Waals surface area contributed by atoms with Gasteiger partial charge < -0.3 is 19.9 Å². The first-order valence-corrected chi connectivity index (χ1v) is 8.33. The lowest BCUT2D eigenvalue weighted by atomic mass is 9.78. The molecule has 0 radical (unpaired) electrons. The fraction of sp³-hybridized carbons (Fsp3) is 0.368. The van der Waals surface area contributed by atoms with E-state index in [1.54, 1.807) is 0 Å². The van der Waals surface area contributed by atoms with Crippen LogP contribution in [0, 0.1) is 0 Å². The summed E-state index contributed by atoms with van der Waals surface area (Å²) in [5, 5.41) is 12.4. The Morgan fingerprint density at radius 3 is 2.29 bits per heavy atom. The van der Waals surface area contributed by atoms with Gasteiger partial charge in [-0.05, 0) is 25.5 Å². The van der Waals surface area contributed by atoms with Crippen LogP contribution in [0.25, 0.3) is 0 Å². The third kappa shape index (κ3) is 4.36. The number of hydrogen-bond acceptors (Lipinski definition) is 5. The number of ether oxygens (including phenoxy) is 2. The quantitative estimate of drug-likeness (QED) is 0.565. The molecule has 1 unspecified atom stereocenters. The lowest BCUT2D eigenvalue weighted by molar-refractivity contribution is -0.142. The van der Waals surface area contributed by atoms with Crippen molar-refractivity contribution in [1.82, 2.24) is 5.32 Å². The van der Waals surface area contributed by atoms with Crippen molar-refractivity contribution in [3.05, 3.63) is 57.9 Å². The van der Waals surface area contributed by atoms with Crippen molar-refractivity contribution in [1.29, 1.82) is 0 Å². The minimum atomic E-state index is -4.72. The number of hydrogen-bond donors (Lipinski definition) is 2. The Hall–Kier alpha value is -2.81. The number of benzene rings is 1. The summed E-state index contributed by atoms with van der Waals surface area (Å²) in [6.07, 6.45) is -4.72. The van der Waals surface area contributed by atoms with Crippen molar-refractivity contribution in [3.63, 3.8) is 0 Å². The lowest BCUT2D eigenvalue weighted by Crippen LogP contribution is -2.33. The third-order valence-electron chi connectivity index (χ3n) is 4.31. The second kappa shape index (κ2) is 8.47. The zero-order chi connectivity index (χ0) is 21.1. The van der Waals surface area contributed by atoms with E-state index in [-0.39, 0.29) is 41.3 Å². The molecule has 2 N–H and O–H groups in total. The van der Waals surface area contributed by atoms with E-state index in [0.717, 1.165) is 6.07 Å². The van der Waals surface area contributed by atoms with Crippen LogP contribution in [-0.2, 0) is 25.2 Å². The molecular weight excluding hydrogens is 379 g/mol. The number of carboxylic acid groups (broad SMARTS) is 1. The Morgan fingerprint density at radius 2 is 1.71 bits per heavy atom. The van der Waals surface area contributed by atoms with Crippen LogP contribution in [0.1, 0.15) is 30.9 Å². The summed E-state index contributed by atoms with van der Waals surface area (Å²) >= 11 is 0. The van der Waals surface area contributed by atoms with E-state index >= 15 is 0 Å². The van der Waals surface area contributed by atoms with E-state index in [0.29, 0.717) is 0 Å². The molecule has 0 amide bonds. The van der Waals surface area contributed by atoms with Crippen LogP contribution >= 0.6 is 0 Å². The van der Waals surface area contributed by atoms with Crippen molar-refractivity contribution >= 4 is 11.9 Å². The molecule has 0 saturated heterocycles. The van der Waals surface area contributed by atoms with E-state index in [9.17, 15) is 27.9 Å². The number of methoxy groups -OCH3 is 1. The maximum atomic E-state index is 13.6. The summed E-state index contributed by atoms with van der Waals surface area (Å²) in [4.78, 5) is 24.5. The van der Waals surface area contributed by atoms with Gasteiger partial charge in [0.15, 0.2) is 0 Å². The van der Waals surface area contributed by atoms with E-state index in [1.165, 1.54) is 39.2 Å². The second-order valence-electron chi connectivity index (χ2n) is 6.15. The number of carbonyl (C=O) groups excluding carboxylic acids is 1. The number of carbonyl (C=O) groups is 2. The fourth-order valence-electron chi connectivity index (χ4n) is 3.16. The Labute approximate surface area is 159 Å². The molecule has 0 spiro atoms. The number of dihydropyridines is 1. The summed E-state index contributed by atoms with van der Waals surface area (Å²) in [6.45, 7) is 2.89. The van der Waals surface area contributed by atoms with Crippen molar-refractivity contribution in [2.24, 2.45) is 0 Å². The first-order valence-electron chi connectivity index (χ1n) is 8.33. The van der Waals surface area contributed by atoms with Crippen molar-refractivity contribution < 1.29 is 37.3 Å². The normalized spacial score (nSPS) is 17.4. The van der Waals surface area contributed by atoms with Gasteiger partial charge in [0.1, 0.15) is 6.61 Å². The molecule has 9 heteroatoms. The zero-order valence-corrected chi connectivity index (χ0v) is 15.5. The number of esters is 1. The van der Waals surface area contributed by atoms with E-state index in [1.807, 2.05) is 0 Å². The number of rotatable bonds is 6. The van der Waals surface area contributed by atoms with Crippen LogP contribution in [-0.4, -0.2) is 37.4 Å². The van der Waals surface area contributed by atoms with Crippen molar-refractivity contribution in [2.45, 2.75) is 25.9 Å². The van der Waals surface area contributed by atoms with Gasteiger partial charge in [0, 0.05) is 18.5 Å². The van der Waals surface area contributed by atoms with Gasteiger partial charge in [-0.1, -0.05) is 18.2 Å². The molecule has 0 aromatic heterocycles. The van der Waals surface area contributed by atoms with Crippen LogP contribution < -0.4 is 5.32 Å². The molecule has 1 heterocycles. The molecule has 2 rings (SSSR count). The standard InChI is InChI=1S/C19H20F3NO5/c1-10-14(17(24)25)16(12-6-4-5-7-13(12)19(20,21)22)15(11(2)23-10)18(26)28-9-8-27-3/h4-7,16,23H,8-9H2,1-3H3,(H,24,25). The molecule has 1 aliphatic heterocycles. The highest BCUT2D eigenvalue weighted by molar-refractivity contribution is 5.99. The highest BCUT2D eigenvalue weighted by atomic mass is 19.4. The molecule has 0 aliphatic carbocycles. The Balaban J connectivity index is 2.67. The van der Waals surface area contributed by atoms with Crippen LogP contribution in [0.15, 0.2) is 46.8 Å². The number of carboxylic acids is 1. The number of alkyl halides is 3. The lowest BCUT2D eigenvalue weighted by Gasteiger charge is -2.31. The maximum Gasteiger partial charge on any atom is 0.416 e. The highest BCUT2D eigenvalue weighted by Crippen LogP contribution is 2.44. The number of nitrogens with one attached hydrogen (secondary N) is 1. The van der Waals surface area contributed by atoms with Gasteiger partial charge in [-0.25, -0.2) is 9.59 Å². The van der Waals surface area contributed by atoms with Crippen molar-refractivity contribution in [2.75, 3.05) is 20.3 Å². The predicted molar refractivity (Wildman–Crippen MR) is 93.2 cm³/mol. The topological polar surface area (TPSA) is 84.9 Å². The molecular formula is C19H20F3NO5.